The average Bonchev–Trinajstić information content (AvgIpc) is 3.37. The highest BCUT2D eigenvalue weighted by Gasteiger charge is 2.29. The molecule has 3 aromatic carbocycles. The lowest BCUT2D eigenvalue weighted by Crippen LogP contribution is -2.25. The number of amides is 2. The molecule has 1 heterocycles. The van der Waals surface area contributed by atoms with Gasteiger partial charge in [-0.25, -0.2) is 4.68 Å². The van der Waals surface area contributed by atoms with Gasteiger partial charge in [0.05, 0.1) is 31.4 Å². The predicted octanol–water partition coefficient (Wildman–Crippen LogP) is 4.87. The first-order valence-electron chi connectivity index (χ1n) is 13.8. The largest absolute Gasteiger partial charge is 0.496 e. The van der Waals surface area contributed by atoms with Crippen molar-refractivity contribution in [1.29, 1.82) is 0 Å². The minimum atomic E-state index is -0.614. The van der Waals surface area contributed by atoms with Gasteiger partial charge in [-0.2, -0.15) is 5.10 Å². The number of methoxy groups -OCH3 is 1. The minimum Gasteiger partial charge on any atom is -0.496 e. The molecule has 1 aliphatic rings. The molecule has 9 heteroatoms. The van der Waals surface area contributed by atoms with Gasteiger partial charge in [-0.15, -0.1) is 0 Å². The fraction of sp³-hybridized carbons (Fsp3) is 0.281. The molecule has 1 fully saturated rings. The maximum atomic E-state index is 12.6. The van der Waals surface area contributed by atoms with E-state index in [1.165, 1.54) is 7.11 Å². The van der Waals surface area contributed by atoms with Crippen molar-refractivity contribution in [3.8, 4) is 17.0 Å². The van der Waals surface area contributed by atoms with Crippen LogP contribution in [0.5, 0.6) is 5.75 Å². The maximum absolute atomic E-state index is 12.6. The average molecular weight is 554 g/mol. The van der Waals surface area contributed by atoms with Gasteiger partial charge in [0.1, 0.15) is 22.8 Å². The molecule has 5 N–H and O–H groups in total. The zero-order valence-corrected chi connectivity index (χ0v) is 23.1. The normalized spacial score (nSPS) is 16.7. The number of para-hydroxylation sites is 1. The van der Waals surface area contributed by atoms with Crippen LogP contribution in [-0.4, -0.2) is 34.8 Å². The molecule has 1 aliphatic carbocycles. The lowest BCUT2D eigenvalue weighted by molar-refractivity contribution is 0.00764. The van der Waals surface area contributed by atoms with Crippen molar-refractivity contribution in [2.24, 2.45) is 5.73 Å². The number of rotatable bonds is 10. The zero-order valence-electron chi connectivity index (χ0n) is 23.1. The SMILES string of the molecule is COc1ccccc1C(=O)NCc1ccc(-c2nn(C3CCC(OCc4ccccc4)CC3)c(N)c2C(N)=O)cc1. The Morgan fingerprint density at radius 3 is 2.29 bits per heavy atom. The smallest absolute Gasteiger partial charge is 0.255 e. The molecule has 2 amide bonds. The molecule has 9 nitrogen and oxygen atoms in total. The van der Waals surface area contributed by atoms with E-state index in [0.29, 0.717) is 30.2 Å². The summed E-state index contributed by atoms with van der Waals surface area (Å²) < 4.78 is 13.2. The highest BCUT2D eigenvalue weighted by molar-refractivity contribution is 6.03. The molecule has 0 radical (unpaired) electrons. The van der Waals surface area contributed by atoms with Gasteiger partial charge in [-0.1, -0.05) is 66.7 Å². The van der Waals surface area contributed by atoms with Gasteiger partial charge < -0.3 is 26.3 Å². The number of benzene rings is 3. The molecule has 0 atom stereocenters. The zero-order chi connectivity index (χ0) is 28.8. The minimum absolute atomic E-state index is 0.0582. The number of primary amides is 1. The first-order chi connectivity index (χ1) is 19.9. The van der Waals surface area contributed by atoms with Crippen molar-refractivity contribution in [1.82, 2.24) is 15.1 Å². The number of nitrogens with two attached hydrogens (primary N) is 2. The molecule has 0 aliphatic heterocycles. The summed E-state index contributed by atoms with van der Waals surface area (Å²) in [7, 11) is 1.53. The van der Waals surface area contributed by atoms with Crippen LogP contribution in [0.3, 0.4) is 0 Å². The molecule has 1 saturated carbocycles. The van der Waals surface area contributed by atoms with Crippen molar-refractivity contribution < 1.29 is 19.1 Å². The highest BCUT2D eigenvalue weighted by Crippen LogP contribution is 2.36. The van der Waals surface area contributed by atoms with Crippen LogP contribution in [0.25, 0.3) is 11.3 Å². The van der Waals surface area contributed by atoms with Crippen molar-refractivity contribution in [3.05, 3.63) is 101 Å². The lowest BCUT2D eigenvalue weighted by Gasteiger charge is -2.29. The van der Waals surface area contributed by atoms with E-state index in [-0.39, 0.29) is 29.4 Å². The molecular formula is C32H35N5O4. The number of ether oxygens (including phenoxy) is 2. The second-order valence-electron chi connectivity index (χ2n) is 10.2. The summed E-state index contributed by atoms with van der Waals surface area (Å²) >= 11 is 0. The monoisotopic (exact) mass is 553 g/mol. The molecule has 0 bridgehead atoms. The second kappa shape index (κ2) is 12.7. The first kappa shape index (κ1) is 27.9. The van der Waals surface area contributed by atoms with Crippen molar-refractivity contribution in [3.63, 3.8) is 0 Å². The van der Waals surface area contributed by atoms with Crippen LogP contribution in [0, 0.1) is 0 Å². The Bertz CT molecular complexity index is 1490. The quantitative estimate of drug-likeness (QED) is 0.256. The van der Waals surface area contributed by atoms with E-state index in [1.807, 2.05) is 48.5 Å². The number of nitrogen functional groups attached to an aromatic ring is 1. The first-order valence-corrected chi connectivity index (χ1v) is 13.8. The Labute approximate surface area is 239 Å². The molecule has 0 unspecified atom stereocenters. The topological polar surface area (TPSA) is 134 Å². The molecule has 41 heavy (non-hydrogen) atoms. The molecule has 212 valence electrons. The van der Waals surface area contributed by atoms with Crippen LogP contribution in [-0.2, 0) is 17.9 Å². The summed E-state index contributed by atoms with van der Waals surface area (Å²) in [4.78, 5) is 25.1. The van der Waals surface area contributed by atoms with Crippen LogP contribution < -0.4 is 21.5 Å². The van der Waals surface area contributed by atoms with Crippen molar-refractivity contribution in [2.75, 3.05) is 12.8 Å². The van der Waals surface area contributed by atoms with E-state index in [0.717, 1.165) is 42.4 Å². The summed E-state index contributed by atoms with van der Waals surface area (Å²) in [5.74, 6) is -0.0407. The third-order valence-corrected chi connectivity index (χ3v) is 7.54. The highest BCUT2D eigenvalue weighted by atomic mass is 16.5. The second-order valence-corrected chi connectivity index (χ2v) is 10.2. The summed E-state index contributed by atoms with van der Waals surface area (Å²) in [5, 5.41) is 7.69. The van der Waals surface area contributed by atoms with Gasteiger partial charge in [0.15, 0.2) is 0 Å². The van der Waals surface area contributed by atoms with Crippen LogP contribution in [0.4, 0.5) is 5.82 Å². The number of carbonyl (C=O) groups is 2. The van der Waals surface area contributed by atoms with E-state index in [2.05, 4.69) is 17.4 Å². The Morgan fingerprint density at radius 2 is 1.61 bits per heavy atom. The Balaban J connectivity index is 1.24. The Morgan fingerprint density at radius 1 is 0.927 bits per heavy atom. The van der Waals surface area contributed by atoms with Gasteiger partial charge in [0.2, 0.25) is 0 Å². The number of hydrogen-bond acceptors (Lipinski definition) is 6. The van der Waals surface area contributed by atoms with Gasteiger partial charge >= 0.3 is 0 Å². The van der Waals surface area contributed by atoms with E-state index < -0.39 is 5.91 Å². The van der Waals surface area contributed by atoms with Crippen LogP contribution in [0.1, 0.15) is 63.6 Å². The Kier molecular flexibility index (Phi) is 8.64. The summed E-state index contributed by atoms with van der Waals surface area (Å²) in [5.41, 5.74) is 16.1. The number of hydrogen-bond donors (Lipinski definition) is 3. The molecular weight excluding hydrogens is 518 g/mol. The van der Waals surface area contributed by atoms with Gasteiger partial charge in [-0.3, -0.25) is 9.59 Å². The van der Waals surface area contributed by atoms with Crippen LogP contribution >= 0.6 is 0 Å². The van der Waals surface area contributed by atoms with E-state index >= 15 is 0 Å². The number of nitrogens with one attached hydrogen (secondary N) is 1. The molecule has 1 aromatic heterocycles. The van der Waals surface area contributed by atoms with E-state index in [4.69, 9.17) is 26.0 Å². The van der Waals surface area contributed by atoms with E-state index in [1.54, 1.807) is 22.9 Å². The van der Waals surface area contributed by atoms with Crippen molar-refractivity contribution >= 4 is 17.6 Å². The fourth-order valence-electron chi connectivity index (χ4n) is 5.31. The third-order valence-electron chi connectivity index (χ3n) is 7.54. The maximum Gasteiger partial charge on any atom is 0.255 e. The third kappa shape index (κ3) is 6.41. The van der Waals surface area contributed by atoms with E-state index in [9.17, 15) is 9.59 Å². The molecule has 0 saturated heterocycles. The van der Waals surface area contributed by atoms with Gasteiger partial charge in [-0.05, 0) is 48.9 Å². The summed E-state index contributed by atoms with van der Waals surface area (Å²) in [6, 6.07) is 24.8. The van der Waals surface area contributed by atoms with Crippen molar-refractivity contribution in [2.45, 2.75) is 51.0 Å². The number of nitrogens with zero attached hydrogens (tertiary/aromatic N) is 2. The van der Waals surface area contributed by atoms with Gasteiger partial charge in [0.25, 0.3) is 11.8 Å². The summed E-state index contributed by atoms with van der Waals surface area (Å²) in [6.45, 7) is 0.919. The van der Waals surface area contributed by atoms with Gasteiger partial charge in [0, 0.05) is 12.1 Å². The lowest BCUT2D eigenvalue weighted by atomic mass is 9.93. The number of carbonyl (C=O) groups excluding carboxylic acids is 2. The van der Waals surface area contributed by atoms with Crippen LogP contribution in [0.15, 0.2) is 78.9 Å². The van der Waals surface area contributed by atoms with Crippen LogP contribution in [0.2, 0.25) is 0 Å². The molecule has 5 rings (SSSR count). The fourth-order valence-corrected chi connectivity index (χ4v) is 5.31. The predicted molar refractivity (Wildman–Crippen MR) is 157 cm³/mol. The standard InChI is InChI=1S/C32H35N5O4/c1-40-27-10-6-5-9-26(27)32(39)35-19-21-11-13-23(14-12-21)29-28(31(34)38)30(33)37(36-29)24-15-17-25(18-16-24)41-20-22-7-3-2-4-8-22/h2-14,24-25H,15-20,33H2,1H3,(H2,34,38)(H,35,39). The Hall–Kier alpha value is -4.63. The summed E-state index contributed by atoms with van der Waals surface area (Å²) in [6.07, 6.45) is 3.62. The molecule has 0 spiro atoms. The number of aromatic nitrogens is 2. The number of anilines is 1. The molecule has 4 aromatic rings.